The van der Waals surface area contributed by atoms with Crippen LogP contribution >= 0.6 is 15.9 Å². The number of anilines is 1. The van der Waals surface area contributed by atoms with E-state index in [2.05, 4.69) is 31.7 Å². The second-order valence-electron chi connectivity index (χ2n) is 7.86. The van der Waals surface area contributed by atoms with Gasteiger partial charge in [0.15, 0.2) is 0 Å². The van der Waals surface area contributed by atoms with Crippen molar-refractivity contribution in [2.45, 2.75) is 25.9 Å². The lowest BCUT2D eigenvalue weighted by atomic mass is 9.91. The predicted octanol–water partition coefficient (Wildman–Crippen LogP) is 3.41. The highest BCUT2D eigenvalue weighted by Crippen LogP contribution is 2.29. The fourth-order valence-corrected chi connectivity index (χ4v) is 3.84. The number of hydrogen-bond acceptors (Lipinski definition) is 4. The minimum absolute atomic E-state index is 0.393. The Bertz CT molecular complexity index is 1170. The topological polar surface area (TPSA) is 96.3 Å². The van der Waals surface area contributed by atoms with Crippen molar-refractivity contribution in [2.75, 3.05) is 11.9 Å². The minimum atomic E-state index is -1.21. The molecular formula is C23H22BrN5O3. The molecular weight excluding hydrogens is 474 g/mol. The van der Waals surface area contributed by atoms with E-state index in [-0.39, 0.29) is 0 Å². The Morgan fingerprint density at radius 1 is 1.09 bits per heavy atom. The Balaban J connectivity index is 1.44. The molecule has 9 heteroatoms. The van der Waals surface area contributed by atoms with Crippen molar-refractivity contribution in [3.8, 4) is 0 Å². The zero-order valence-electron chi connectivity index (χ0n) is 17.6. The second-order valence-corrected chi connectivity index (χ2v) is 8.78. The highest BCUT2D eigenvalue weighted by molar-refractivity contribution is 9.10. The molecule has 2 N–H and O–H groups in total. The average Bonchev–Trinajstić information content (AvgIpc) is 3.27. The first-order chi connectivity index (χ1) is 15.3. The third-order valence-corrected chi connectivity index (χ3v) is 5.96. The summed E-state index contributed by atoms with van der Waals surface area (Å²) >= 11 is 3.40. The van der Waals surface area contributed by atoms with E-state index < -0.39 is 29.9 Å². The Hall–Kier alpha value is -3.46. The van der Waals surface area contributed by atoms with Crippen LogP contribution < -0.4 is 10.6 Å². The van der Waals surface area contributed by atoms with E-state index in [1.165, 1.54) is 0 Å². The smallest absolute Gasteiger partial charge is 0.319 e. The summed E-state index contributed by atoms with van der Waals surface area (Å²) in [5.74, 6) is -0.477. The minimum Gasteiger partial charge on any atom is -0.319 e. The van der Waals surface area contributed by atoms with Crippen LogP contribution in [0.15, 0.2) is 65.3 Å². The van der Waals surface area contributed by atoms with Crippen molar-refractivity contribution in [3.05, 3.63) is 82.0 Å². The van der Waals surface area contributed by atoms with Crippen LogP contribution in [0.1, 0.15) is 23.6 Å². The van der Waals surface area contributed by atoms with Crippen LogP contribution in [0.25, 0.3) is 0 Å². The normalized spacial score (nSPS) is 18.0. The van der Waals surface area contributed by atoms with Crippen molar-refractivity contribution < 1.29 is 14.4 Å². The van der Waals surface area contributed by atoms with Gasteiger partial charge in [-0.1, -0.05) is 57.9 Å². The first kappa shape index (κ1) is 21.8. The van der Waals surface area contributed by atoms with E-state index in [1.54, 1.807) is 36.0 Å². The summed E-state index contributed by atoms with van der Waals surface area (Å²) < 4.78 is 2.62. The number of aryl methyl sites for hydroxylation is 1. The molecule has 1 saturated heterocycles. The maximum absolute atomic E-state index is 13.0. The number of aromatic nitrogens is 2. The monoisotopic (exact) mass is 495 g/mol. The summed E-state index contributed by atoms with van der Waals surface area (Å²) in [7, 11) is 0. The first-order valence-electron chi connectivity index (χ1n) is 10.0. The van der Waals surface area contributed by atoms with Gasteiger partial charge in [0.05, 0.1) is 12.7 Å². The largest absolute Gasteiger partial charge is 0.325 e. The Labute approximate surface area is 193 Å². The van der Waals surface area contributed by atoms with Crippen LogP contribution in [0.4, 0.5) is 10.6 Å². The van der Waals surface area contributed by atoms with Crippen LogP contribution in [-0.2, 0) is 21.7 Å². The maximum Gasteiger partial charge on any atom is 0.325 e. The lowest BCUT2D eigenvalue weighted by Gasteiger charge is -2.22. The predicted molar refractivity (Wildman–Crippen MR) is 123 cm³/mol. The summed E-state index contributed by atoms with van der Waals surface area (Å²) in [6, 6.07) is 16.2. The summed E-state index contributed by atoms with van der Waals surface area (Å²) in [4.78, 5) is 39.1. The van der Waals surface area contributed by atoms with Gasteiger partial charge in [0.2, 0.25) is 5.91 Å². The Kier molecular flexibility index (Phi) is 5.84. The van der Waals surface area contributed by atoms with Gasteiger partial charge in [-0.15, -0.1) is 0 Å². The number of halogens is 1. The highest BCUT2D eigenvalue weighted by atomic mass is 79.9. The molecule has 3 aromatic rings. The van der Waals surface area contributed by atoms with Crippen LogP contribution in [0, 0.1) is 6.92 Å². The van der Waals surface area contributed by atoms with E-state index >= 15 is 0 Å². The number of hydrogen-bond donors (Lipinski definition) is 2. The highest BCUT2D eigenvalue weighted by Gasteiger charge is 2.49. The molecule has 1 aliphatic rings. The van der Waals surface area contributed by atoms with Gasteiger partial charge in [0, 0.05) is 10.5 Å². The molecule has 0 bridgehead atoms. The molecule has 164 valence electrons. The fraction of sp³-hybridized carbons (Fsp3) is 0.217. The van der Waals surface area contributed by atoms with Gasteiger partial charge in [-0.3, -0.25) is 14.5 Å². The van der Waals surface area contributed by atoms with Crippen LogP contribution in [0.5, 0.6) is 0 Å². The molecule has 2 aromatic carbocycles. The fourth-order valence-electron chi connectivity index (χ4n) is 3.58. The summed E-state index contributed by atoms with van der Waals surface area (Å²) in [5.41, 5.74) is 1.51. The van der Waals surface area contributed by atoms with Gasteiger partial charge < -0.3 is 10.6 Å². The van der Waals surface area contributed by atoms with Crippen LogP contribution in [0.3, 0.4) is 0 Å². The van der Waals surface area contributed by atoms with Gasteiger partial charge >= 0.3 is 6.03 Å². The van der Waals surface area contributed by atoms with E-state index in [9.17, 15) is 14.4 Å². The third kappa shape index (κ3) is 4.29. The van der Waals surface area contributed by atoms with Gasteiger partial charge in [0.1, 0.15) is 17.9 Å². The van der Waals surface area contributed by atoms with E-state index in [4.69, 9.17) is 0 Å². The summed E-state index contributed by atoms with van der Waals surface area (Å²) in [5, 5.41) is 9.71. The number of carbonyl (C=O) groups is 3. The quantitative estimate of drug-likeness (QED) is 0.512. The molecule has 1 aliphatic heterocycles. The van der Waals surface area contributed by atoms with E-state index in [1.807, 2.05) is 43.3 Å². The number of nitrogens with zero attached hydrogens (tertiary/aromatic N) is 3. The molecule has 1 aromatic heterocycles. The molecule has 0 saturated carbocycles. The van der Waals surface area contributed by atoms with Gasteiger partial charge in [-0.2, -0.15) is 5.10 Å². The molecule has 1 fully saturated rings. The zero-order chi connectivity index (χ0) is 22.9. The maximum atomic E-state index is 13.0. The van der Waals surface area contributed by atoms with Crippen molar-refractivity contribution in [2.24, 2.45) is 0 Å². The standard InChI is InChI=1S/C23H22BrN5O3/c1-15-3-7-17(8-4-15)23(2)21(31)28(22(32)27-23)14-20(30)26-19-11-12-25-29(19)13-16-5-9-18(24)10-6-16/h3-12H,13-14H2,1-2H3,(H,26,30)(H,27,32). The molecule has 0 radical (unpaired) electrons. The lowest BCUT2D eigenvalue weighted by Crippen LogP contribution is -2.42. The molecule has 1 atom stereocenters. The third-order valence-electron chi connectivity index (χ3n) is 5.44. The molecule has 4 amide bonds. The molecule has 2 heterocycles. The molecule has 4 rings (SSSR count). The molecule has 0 aliphatic carbocycles. The van der Waals surface area contributed by atoms with Gasteiger partial charge in [-0.05, 0) is 37.1 Å². The van der Waals surface area contributed by atoms with Crippen molar-refractivity contribution in [1.82, 2.24) is 20.0 Å². The Morgan fingerprint density at radius 3 is 2.47 bits per heavy atom. The number of rotatable bonds is 6. The number of benzene rings is 2. The van der Waals surface area contributed by atoms with Gasteiger partial charge in [-0.25, -0.2) is 9.48 Å². The Morgan fingerprint density at radius 2 is 1.78 bits per heavy atom. The number of urea groups is 1. The first-order valence-corrected chi connectivity index (χ1v) is 10.8. The van der Waals surface area contributed by atoms with Crippen LogP contribution in [-0.4, -0.2) is 39.1 Å². The van der Waals surface area contributed by atoms with E-state index in [0.717, 1.165) is 20.5 Å². The SMILES string of the molecule is Cc1ccc(C2(C)NC(=O)N(CC(=O)Nc3ccnn3Cc3ccc(Br)cc3)C2=O)cc1. The van der Waals surface area contributed by atoms with E-state index in [0.29, 0.717) is 17.9 Å². The number of carbonyl (C=O) groups excluding carboxylic acids is 3. The molecule has 0 spiro atoms. The summed E-state index contributed by atoms with van der Waals surface area (Å²) in [6.45, 7) is 3.66. The second kappa shape index (κ2) is 8.58. The van der Waals surface area contributed by atoms with Gasteiger partial charge in [0.25, 0.3) is 5.91 Å². The molecule has 8 nitrogen and oxygen atoms in total. The average molecular weight is 496 g/mol. The van der Waals surface area contributed by atoms with Crippen molar-refractivity contribution >= 4 is 39.6 Å². The number of imide groups is 1. The zero-order valence-corrected chi connectivity index (χ0v) is 19.2. The van der Waals surface area contributed by atoms with Crippen molar-refractivity contribution in [1.29, 1.82) is 0 Å². The lowest BCUT2D eigenvalue weighted by molar-refractivity contribution is -0.133. The number of amides is 4. The van der Waals surface area contributed by atoms with Crippen molar-refractivity contribution in [3.63, 3.8) is 0 Å². The summed E-state index contributed by atoms with van der Waals surface area (Å²) in [6.07, 6.45) is 1.58. The number of nitrogens with one attached hydrogen (secondary N) is 2. The molecule has 1 unspecified atom stereocenters. The molecule has 32 heavy (non-hydrogen) atoms. The van der Waals surface area contributed by atoms with Crippen LogP contribution in [0.2, 0.25) is 0 Å².